The molecular weight excluding hydrogens is 397 g/mol. The molecule has 0 saturated carbocycles. The van der Waals surface area contributed by atoms with Gasteiger partial charge >= 0.3 is 0 Å². The molecule has 2 heterocycles. The number of methoxy groups -OCH3 is 1. The van der Waals surface area contributed by atoms with Crippen LogP contribution in [0.3, 0.4) is 0 Å². The van der Waals surface area contributed by atoms with Crippen molar-refractivity contribution in [3.63, 3.8) is 0 Å². The lowest BCUT2D eigenvalue weighted by Crippen LogP contribution is -2.26. The van der Waals surface area contributed by atoms with Crippen molar-refractivity contribution in [1.29, 1.82) is 0 Å². The zero-order valence-electron chi connectivity index (χ0n) is 16.8. The molecule has 0 aliphatic heterocycles. The van der Waals surface area contributed by atoms with E-state index in [0.717, 1.165) is 27.7 Å². The highest BCUT2D eigenvalue weighted by Crippen LogP contribution is 2.24. The van der Waals surface area contributed by atoms with Gasteiger partial charge in [-0.1, -0.05) is 6.07 Å². The predicted octanol–water partition coefficient (Wildman–Crippen LogP) is 3.95. The van der Waals surface area contributed by atoms with E-state index in [4.69, 9.17) is 4.74 Å². The van der Waals surface area contributed by atoms with Gasteiger partial charge in [0, 0.05) is 48.2 Å². The van der Waals surface area contributed by atoms with E-state index in [9.17, 15) is 9.18 Å². The number of halogens is 1. The zero-order chi connectivity index (χ0) is 21.6. The van der Waals surface area contributed by atoms with Crippen molar-refractivity contribution in [3.05, 3.63) is 78.5 Å². The zero-order valence-corrected chi connectivity index (χ0v) is 16.8. The molecule has 2 aromatic carbocycles. The highest BCUT2D eigenvalue weighted by atomic mass is 19.1. The summed E-state index contributed by atoms with van der Waals surface area (Å²) in [4.78, 5) is 24.6. The van der Waals surface area contributed by atoms with Gasteiger partial charge < -0.3 is 15.4 Å². The van der Waals surface area contributed by atoms with Crippen LogP contribution in [0.15, 0.2) is 67.0 Å². The Morgan fingerprint density at radius 3 is 2.55 bits per heavy atom. The van der Waals surface area contributed by atoms with Gasteiger partial charge in [-0.3, -0.25) is 4.79 Å². The maximum absolute atomic E-state index is 13.0. The number of anilines is 2. The first kappa shape index (κ1) is 20.4. The lowest BCUT2D eigenvalue weighted by molar-refractivity contribution is 0.0937. The fourth-order valence-electron chi connectivity index (χ4n) is 3.02. The number of hydrogen-bond donors (Lipinski definition) is 2. The second-order valence-electron chi connectivity index (χ2n) is 6.79. The number of ether oxygens (including phenoxy) is 1. The highest BCUT2D eigenvalue weighted by molar-refractivity contribution is 5.94. The van der Waals surface area contributed by atoms with Gasteiger partial charge in [0.05, 0.1) is 12.1 Å². The van der Waals surface area contributed by atoms with Gasteiger partial charge in [0.1, 0.15) is 0 Å². The molecule has 0 spiro atoms. The molecule has 156 valence electrons. The number of hydrogen-bond acceptors (Lipinski definition) is 6. The van der Waals surface area contributed by atoms with Crippen molar-refractivity contribution in [1.82, 2.24) is 20.3 Å². The minimum absolute atomic E-state index is 0.155. The number of carbonyl (C=O) groups is 1. The van der Waals surface area contributed by atoms with Gasteiger partial charge in [0.25, 0.3) is 5.91 Å². The number of amides is 1. The molecule has 0 aliphatic carbocycles. The number of rotatable bonds is 7. The molecule has 1 amide bonds. The van der Waals surface area contributed by atoms with Gasteiger partial charge in [0.2, 0.25) is 11.9 Å². The monoisotopic (exact) mass is 417 g/mol. The van der Waals surface area contributed by atoms with Crippen molar-refractivity contribution in [3.8, 4) is 11.1 Å². The van der Waals surface area contributed by atoms with Gasteiger partial charge in [-0.15, -0.1) is 0 Å². The smallest absolute Gasteiger partial charge is 0.251 e. The van der Waals surface area contributed by atoms with Crippen molar-refractivity contribution in [2.75, 3.05) is 25.6 Å². The standard InChI is InChI=1S/C23H20FN5O2/c1-31-11-10-25-22(30)15-2-6-19(7-3-15)28-23-27-14-18-12-16(4-8-20(18)29-23)17-5-9-21(24)26-13-17/h2-9,12-14H,10-11H2,1H3,(H,25,30)(H,27,28,29). The Balaban J connectivity index is 1.47. The van der Waals surface area contributed by atoms with Gasteiger partial charge in [-0.2, -0.15) is 4.39 Å². The first-order valence-corrected chi connectivity index (χ1v) is 9.65. The van der Waals surface area contributed by atoms with E-state index < -0.39 is 5.95 Å². The summed E-state index contributed by atoms with van der Waals surface area (Å²) in [6.45, 7) is 0.923. The summed E-state index contributed by atoms with van der Waals surface area (Å²) in [6.07, 6.45) is 3.22. The van der Waals surface area contributed by atoms with E-state index in [1.165, 1.54) is 12.3 Å². The van der Waals surface area contributed by atoms with E-state index >= 15 is 0 Å². The van der Waals surface area contributed by atoms with Crippen molar-refractivity contribution >= 4 is 28.4 Å². The lowest BCUT2D eigenvalue weighted by atomic mass is 10.1. The number of benzene rings is 2. The van der Waals surface area contributed by atoms with Crippen LogP contribution in [0.1, 0.15) is 10.4 Å². The molecule has 31 heavy (non-hydrogen) atoms. The molecular formula is C23H20FN5O2. The molecule has 0 unspecified atom stereocenters. The normalized spacial score (nSPS) is 10.8. The van der Waals surface area contributed by atoms with Crippen molar-refractivity contribution in [2.24, 2.45) is 0 Å². The summed E-state index contributed by atoms with van der Waals surface area (Å²) in [7, 11) is 1.59. The molecule has 0 saturated heterocycles. The number of fused-ring (bicyclic) bond motifs is 1. The summed E-state index contributed by atoms with van der Waals surface area (Å²) in [5, 5.41) is 6.78. The first-order valence-electron chi connectivity index (χ1n) is 9.65. The van der Waals surface area contributed by atoms with Gasteiger partial charge in [-0.05, 0) is 54.1 Å². The number of pyridine rings is 1. The van der Waals surface area contributed by atoms with Crippen LogP contribution < -0.4 is 10.6 Å². The molecule has 0 aliphatic rings. The highest BCUT2D eigenvalue weighted by Gasteiger charge is 2.07. The Kier molecular flexibility index (Phi) is 6.09. The maximum Gasteiger partial charge on any atom is 0.251 e. The van der Waals surface area contributed by atoms with Crippen LogP contribution in [0.2, 0.25) is 0 Å². The quantitative estimate of drug-likeness (QED) is 0.350. The van der Waals surface area contributed by atoms with Gasteiger partial charge in [-0.25, -0.2) is 15.0 Å². The molecule has 0 bridgehead atoms. The third kappa shape index (κ3) is 4.99. The summed E-state index contributed by atoms with van der Waals surface area (Å²) in [5.41, 5.74) is 3.82. The SMILES string of the molecule is COCCNC(=O)c1ccc(Nc2ncc3cc(-c4ccc(F)nc4)ccc3n2)cc1. The largest absolute Gasteiger partial charge is 0.383 e. The summed E-state index contributed by atoms with van der Waals surface area (Å²) in [6, 6.07) is 15.8. The third-order valence-electron chi connectivity index (χ3n) is 4.64. The molecule has 0 fully saturated rings. The second kappa shape index (κ2) is 9.27. The minimum Gasteiger partial charge on any atom is -0.383 e. The third-order valence-corrected chi connectivity index (χ3v) is 4.64. The van der Waals surface area contributed by atoms with Crippen LogP contribution in [0, 0.1) is 5.95 Å². The van der Waals surface area contributed by atoms with E-state index in [1.807, 2.05) is 18.2 Å². The Hall–Kier alpha value is -3.91. The predicted molar refractivity (Wildman–Crippen MR) is 117 cm³/mol. The molecule has 0 atom stereocenters. The number of carbonyl (C=O) groups excluding carboxylic acids is 1. The van der Waals surface area contributed by atoms with E-state index in [2.05, 4.69) is 25.6 Å². The summed E-state index contributed by atoms with van der Waals surface area (Å²) < 4.78 is 18.0. The maximum atomic E-state index is 13.0. The topological polar surface area (TPSA) is 89.0 Å². The van der Waals surface area contributed by atoms with E-state index in [1.54, 1.807) is 43.6 Å². The van der Waals surface area contributed by atoms with Crippen LogP contribution in [-0.4, -0.2) is 41.1 Å². The second-order valence-corrected chi connectivity index (χ2v) is 6.79. The molecule has 2 N–H and O–H groups in total. The minimum atomic E-state index is -0.511. The van der Waals surface area contributed by atoms with Crippen LogP contribution in [0.5, 0.6) is 0 Å². The summed E-state index contributed by atoms with van der Waals surface area (Å²) >= 11 is 0. The summed E-state index contributed by atoms with van der Waals surface area (Å²) in [5.74, 6) is -0.220. The molecule has 8 heteroatoms. The van der Waals surface area contributed by atoms with Crippen molar-refractivity contribution in [2.45, 2.75) is 0 Å². The molecule has 2 aromatic heterocycles. The Labute approximate surface area is 178 Å². The number of nitrogens with one attached hydrogen (secondary N) is 2. The van der Waals surface area contributed by atoms with E-state index in [-0.39, 0.29) is 5.91 Å². The van der Waals surface area contributed by atoms with Gasteiger partial charge in [0.15, 0.2) is 0 Å². The van der Waals surface area contributed by atoms with Crippen molar-refractivity contribution < 1.29 is 13.9 Å². The molecule has 4 aromatic rings. The fourth-order valence-corrected chi connectivity index (χ4v) is 3.02. The lowest BCUT2D eigenvalue weighted by Gasteiger charge is -2.08. The van der Waals surface area contributed by atoms with Crippen LogP contribution in [0.25, 0.3) is 22.0 Å². The average Bonchev–Trinajstić information content (AvgIpc) is 2.80. The average molecular weight is 417 g/mol. The molecule has 7 nitrogen and oxygen atoms in total. The Bertz CT molecular complexity index is 1200. The Morgan fingerprint density at radius 2 is 1.81 bits per heavy atom. The Morgan fingerprint density at radius 1 is 1.00 bits per heavy atom. The molecule has 0 radical (unpaired) electrons. The van der Waals surface area contributed by atoms with Crippen LogP contribution in [-0.2, 0) is 4.74 Å². The first-order chi connectivity index (χ1) is 15.1. The van der Waals surface area contributed by atoms with E-state index in [0.29, 0.717) is 24.7 Å². The number of aromatic nitrogens is 3. The fraction of sp³-hybridized carbons (Fsp3) is 0.130. The molecule has 4 rings (SSSR count). The number of nitrogens with zero attached hydrogens (tertiary/aromatic N) is 3. The van der Waals surface area contributed by atoms with Crippen LogP contribution in [0.4, 0.5) is 16.0 Å². The van der Waals surface area contributed by atoms with Crippen LogP contribution >= 0.6 is 0 Å².